The first-order chi connectivity index (χ1) is 9.51. The average molecular weight is 341 g/mol. The van der Waals surface area contributed by atoms with Gasteiger partial charge in [0.25, 0.3) is 5.91 Å². The van der Waals surface area contributed by atoms with Crippen LogP contribution in [0, 0.1) is 0 Å². The van der Waals surface area contributed by atoms with Crippen molar-refractivity contribution in [3.63, 3.8) is 0 Å². The predicted molar refractivity (Wildman–Crippen MR) is 75.9 cm³/mol. The number of amides is 1. The second-order valence-electron chi connectivity index (χ2n) is 4.16. The molecular weight excluding hydrogens is 328 g/mol. The summed E-state index contributed by atoms with van der Waals surface area (Å²) < 4.78 is 2.63. The maximum atomic E-state index is 12.1. The summed E-state index contributed by atoms with van der Waals surface area (Å²) >= 11 is 3.33. The lowest BCUT2D eigenvalue weighted by Gasteiger charge is -2.06. The Labute approximate surface area is 123 Å². The van der Waals surface area contributed by atoms with Gasteiger partial charge in [0.05, 0.1) is 0 Å². The van der Waals surface area contributed by atoms with Gasteiger partial charge in [-0.05, 0) is 28.4 Å². The first kappa shape index (κ1) is 14.3. The molecule has 2 aromatic rings. The van der Waals surface area contributed by atoms with Crippen LogP contribution in [0.5, 0.6) is 0 Å². The number of carbonyl (C=O) groups is 2. The quantitative estimate of drug-likeness (QED) is 0.777. The number of aromatic carboxylic acids is 1. The molecule has 8 heteroatoms. The summed E-state index contributed by atoms with van der Waals surface area (Å²) in [4.78, 5) is 22.9. The van der Waals surface area contributed by atoms with Crippen LogP contribution in [-0.4, -0.2) is 31.7 Å². The third-order valence-corrected chi connectivity index (χ3v) is 3.04. The van der Waals surface area contributed by atoms with Crippen LogP contribution in [0.2, 0.25) is 0 Å². The summed E-state index contributed by atoms with van der Waals surface area (Å²) in [5.41, 5.74) is 0.407. The number of rotatable bonds is 5. The number of carboxylic acids is 1. The molecule has 0 spiro atoms. The Morgan fingerprint density at radius 1 is 1.50 bits per heavy atom. The molecule has 7 nitrogen and oxygen atoms in total. The van der Waals surface area contributed by atoms with Crippen molar-refractivity contribution in [3.8, 4) is 0 Å². The summed E-state index contributed by atoms with van der Waals surface area (Å²) in [6.07, 6.45) is 2.72. The van der Waals surface area contributed by atoms with Crippen LogP contribution < -0.4 is 5.32 Å². The van der Waals surface area contributed by atoms with Crippen molar-refractivity contribution in [2.45, 2.75) is 19.9 Å². The number of H-pyrrole nitrogens is 1. The predicted octanol–water partition coefficient (Wildman–Crippen LogP) is 2.33. The van der Waals surface area contributed by atoms with E-state index in [-0.39, 0.29) is 17.4 Å². The highest BCUT2D eigenvalue weighted by Gasteiger charge is 2.15. The molecule has 0 aromatic carbocycles. The number of aromatic amines is 1. The van der Waals surface area contributed by atoms with E-state index >= 15 is 0 Å². The minimum atomic E-state index is -1.13. The van der Waals surface area contributed by atoms with Crippen molar-refractivity contribution in [3.05, 3.63) is 34.2 Å². The second-order valence-corrected chi connectivity index (χ2v) is 5.08. The number of carboxylic acid groups (broad SMARTS) is 1. The Balaban J connectivity index is 2.16. The maximum absolute atomic E-state index is 12.1. The molecule has 0 unspecified atom stereocenters. The minimum absolute atomic E-state index is 0.0783. The zero-order valence-electron chi connectivity index (χ0n) is 10.7. The summed E-state index contributed by atoms with van der Waals surface area (Å²) in [7, 11) is 0. The molecular formula is C12H13BrN4O3. The Morgan fingerprint density at radius 2 is 2.25 bits per heavy atom. The molecule has 2 aromatic heterocycles. The number of hydrogen-bond acceptors (Lipinski definition) is 3. The van der Waals surface area contributed by atoms with Crippen molar-refractivity contribution in [1.82, 2.24) is 14.8 Å². The molecule has 0 aliphatic carbocycles. The standard InChI is InChI=1S/C12H13BrN4O3/c1-2-3-17-6-7(13)4-9(17)11(18)14-10-5-8(12(19)20)15-16-10/h4-6H,2-3H2,1H3,(H,19,20)(H2,14,15,16,18). The van der Waals surface area contributed by atoms with Crippen molar-refractivity contribution in [2.75, 3.05) is 5.32 Å². The SMILES string of the molecule is CCCn1cc(Br)cc1C(=O)Nc1cc(C(=O)O)[nH]n1. The van der Waals surface area contributed by atoms with E-state index in [9.17, 15) is 9.59 Å². The van der Waals surface area contributed by atoms with Gasteiger partial charge in [-0.25, -0.2) is 4.79 Å². The van der Waals surface area contributed by atoms with Crippen LogP contribution >= 0.6 is 15.9 Å². The largest absolute Gasteiger partial charge is 0.477 e. The average Bonchev–Trinajstić information content (AvgIpc) is 2.97. The van der Waals surface area contributed by atoms with E-state index in [0.29, 0.717) is 5.69 Å². The molecule has 0 saturated heterocycles. The molecule has 0 saturated carbocycles. The summed E-state index contributed by atoms with van der Waals surface area (Å²) in [6.45, 7) is 2.73. The lowest BCUT2D eigenvalue weighted by molar-refractivity contribution is 0.0690. The number of hydrogen-bond donors (Lipinski definition) is 3. The van der Waals surface area contributed by atoms with Gasteiger partial charge >= 0.3 is 5.97 Å². The topological polar surface area (TPSA) is 100 Å². The molecule has 3 N–H and O–H groups in total. The number of anilines is 1. The van der Waals surface area contributed by atoms with Gasteiger partial charge in [0.1, 0.15) is 11.4 Å². The molecule has 0 atom stereocenters. The van der Waals surface area contributed by atoms with Crippen molar-refractivity contribution in [2.24, 2.45) is 0 Å². The zero-order chi connectivity index (χ0) is 14.7. The van der Waals surface area contributed by atoms with E-state index in [2.05, 4.69) is 31.4 Å². The minimum Gasteiger partial charge on any atom is -0.477 e. The van der Waals surface area contributed by atoms with Crippen LogP contribution in [0.15, 0.2) is 22.8 Å². The number of aromatic nitrogens is 3. The van der Waals surface area contributed by atoms with Gasteiger partial charge in [-0.15, -0.1) is 0 Å². The lowest BCUT2D eigenvalue weighted by atomic mass is 10.3. The summed E-state index contributed by atoms with van der Waals surface area (Å²) in [5, 5.41) is 17.4. The number of nitrogens with zero attached hydrogens (tertiary/aromatic N) is 2. The van der Waals surface area contributed by atoms with Crippen molar-refractivity contribution >= 4 is 33.6 Å². The molecule has 0 aliphatic rings. The Kier molecular flexibility index (Phi) is 4.23. The summed E-state index contributed by atoms with van der Waals surface area (Å²) in [5.74, 6) is -1.30. The number of carbonyl (C=O) groups excluding carboxylic acids is 1. The molecule has 1 amide bonds. The molecule has 2 rings (SSSR count). The van der Waals surface area contributed by atoms with E-state index in [4.69, 9.17) is 5.11 Å². The van der Waals surface area contributed by atoms with Crippen LogP contribution in [-0.2, 0) is 6.54 Å². The highest BCUT2D eigenvalue weighted by atomic mass is 79.9. The third kappa shape index (κ3) is 3.08. The van der Waals surface area contributed by atoms with Gasteiger partial charge in [0.2, 0.25) is 0 Å². The molecule has 0 aliphatic heterocycles. The van der Waals surface area contributed by atoms with Crippen LogP contribution in [0.3, 0.4) is 0 Å². The third-order valence-electron chi connectivity index (χ3n) is 2.61. The lowest BCUT2D eigenvalue weighted by Crippen LogP contribution is -2.17. The molecule has 0 fully saturated rings. The van der Waals surface area contributed by atoms with E-state index in [1.54, 1.807) is 6.07 Å². The van der Waals surface area contributed by atoms with E-state index in [1.165, 1.54) is 6.07 Å². The maximum Gasteiger partial charge on any atom is 0.353 e. The van der Waals surface area contributed by atoms with Crippen LogP contribution in [0.1, 0.15) is 34.3 Å². The van der Waals surface area contributed by atoms with Gasteiger partial charge in [0.15, 0.2) is 5.82 Å². The van der Waals surface area contributed by atoms with Gasteiger partial charge < -0.3 is 15.0 Å². The van der Waals surface area contributed by atoms with Gasteiger partial charge in [-0.2, -0.15) is 5.10 Å². The highest BCUT2D eigenvalue weighted by molar-refractivity contribution is 9.10. The van der Waals surface area contributed by atoms with Gasteiger partial charge in [-0.1, -0.05) is 6.92 Å². The number of aryl methyl sites for hydroxylation is 1. The smallest absolute Gasteiger partial charge is 0.353 e. The first-order valence-corrected chi connectivity index (χ1v) is 6.76. The van der Waals surface area contributed by atoms with E-state index in [1.807, 2.05) is 17.7 Å². The van der Waals surface area contributed by atoms with Crippen molar-refractivity contribution in [1.29, 1.82) is 0 Å². The number of halogens is 1. The fraction of sp³-hybridized carbons (Fsp3) is 0.250. The zero-order valence-corrected chi connectivity index (χ0v) is 12.3. The second kappa shape index (κ2) is 5.91. The molecule has 0 bridgehead atoms. The monoisotopic (exact) mass is 340 g/mol. The van der Waals surface area contributed by atoms with E-state index in [0.717, 1.165) is 17.4 Å². The molecule has 2 heterocycles. The first-order valence-electron chi connectivity index (χ1n) is 5.97. The number of nitrogens with one attached hydrogen (secondary N) is 2. The van der Waals surface area contributed by atoms with Crippen LogP contribution in [0.4, 0.5) is 5.82 Å². The van der Waals surface area contributed by atoms with Crippen LogP contribution in [0.25, 0.3) is 0 Å². The molecule has 0 radical (unpaired) electrons. The van der Waals surface area contributed by atoms with Crippen molar-refractivity contribution < 1.29 is 14.7 Å². The highest BCUT2D eigenvalue weighted by Crippen LogP contribution is 2.17. The summed E-state index contributed by atoms with van der Waals surface area (Å²) in [6, 6.07) is 2.97. The van der Waals surface area contributed by atoms with Gasteiger partial charge in [0, 0.05) is 23.3 Å². The van der Waals surface area contributed by atoms with E-state index < -0.39 is 5.97 Å². The van der Waals surface area contributed by atoms with Gasteiger partial charge in [-0.3, -0.25) is 9.89 Å². The molecule has 20 heavy (non-hydrogen) atoms. The Bertz CT molecular complexity index is 647. The fourth-order valence-electron chi connectivity index (χ4n) is 1.77. The Morgan fingerprint density at radius 3 is 2.85 bits per heavy atom. The Hall–Kier alpha value is -2.09. The normalized spacial score (nSPS) is 10.5. The fourth-order valence-corrected chi connectivity index (χ4v) is 2.23. The molecule has 106 valence electrons.